The molecule has 0 radical (unpaired) electrons. The van der Waals surface area contributed by atoms with Gasteiger partial charge in [0, 0.05) is 0 Å². The van der Waals surface area contributed by atoms with Crippen molar-refractivity contribution in [2.24, 2.45) is 0 Å². The molecule has 13 nitrogen and oxygen atoms in total. The maximum Gasteiger partial charge on any atom is 0.472 e. The maximum atomic E-state index is 13.0. The van der Waals surface area contributed by atoms with Crippen molar-refractivity contribution in [2.45, 2.75) is 274 Å². The Labute approximate surface area is 382 Å². The Morgan fingerprint density at radius 1 is 0.556 bits per heavy atom. The number of aliphatic hydroxyl groups is 7. The Hall–Kier alpha value is -1.22. The van der Waals surface area contributed by atoms with Crippen molar-refractivity contribution in [1.29, 1.82) is 0 Å². The minimum Gasteiger partial charge on any atom is -0.393 e. The van der Waals surface area contributed by atoms with E-state index in [9.17, 15) is 50.0 Å². The van der Waals surface area contributed by atoms with Gasteiger partial charge in [-0.3, -0.25) is 13.8 Å². The summed E-state index contributed by atoms with van der Waals surface area (Å²) >= 11 is 0. The van der Waals surface area contributed by atoms with Crippen LogP contribution in [0.25, 0.3) is 0 Å². The molecule has 0 saturated heterocycles. The van der Waals surface area contributed by atoms with Gasteiger partial charge in [0.1, 0.15) is 36.6 Å². The van der Waals surface area contributed by atoms with Crippen molar-refractivity contribution < 1.29 is 59.0 Å². The van der Waals surface area contributed by atoms with E-state index < -0.39 is 75.2 Å². The third kappa shape index (κ3) is 30.6. The molecule has 0 aromatic rings. The number of aliphatic hydroxyl groups excluding tert-OH is 7. The summed E-state index contributed by atoms with van der Waals surface area (Å²) in [7, 11) is -5.15. The summed E-state index contributed by atoms with van der Waals surface area (Å²) in [6.45, 7) is 3.75. The highest BCUT2D eigenvalue weighted by molar-refractivity contribution is 7.47. The van der Waals surface area contributed by atoms with Gasteiger partial charge in [0.05, 0.1) is 31.3 Å². The highest BCUT2D eigenvalue weighted by atomic mass is 31.2. The van der Waals surface area contributed by atoms with Crippen molar-refractivity contribution in [1.82, 2.24) is 5.32 Å². The first kappa shape index (κ1) is 59.8. The highest BCUT2D eigenvalue weighted by Crippen LogP contribution is 2.47. The smallest absolute Gasteiger partial charge is 0.393 e. The number of rotatable bonds is 42. The number of phosphoric ester groups is 1. The SMILES string of the molecule is CCCCCCCCCCCC/C=C/CC/C=C/C(O)C(COP(=O)(O)OC1C(O)C(O)C(O)C(O)C1O)NC(=O)CC(O)CCCCCCCCCCCCCCCCCCC. The molecule has 372 valence electrons. The molecule has 9 N–H and O–H groups in total. The van der Waals surface area contributed by atoms with Crippen LogP contribution in [-0.2, 0) is 18.4 Å². The van der Waals surface area contributed by atoms with Crippen LogP contribution in [0.3, 0.4) is 0 Å². The molecule has 63 heavy (non-hydrogen) atoms. The van der Waals surface area contributed by atoms with E-state index in [4.69, 9.17) is 9.05 Å². The average Bonchev–Trinajstić information content (AvgIpc) is 3.26. The molecule has 8 atom stereocenters. The second-order valence-electron chi connectivity index (χ2n) is 18.2. The minimum atomic E-state index is -5.15. The fourth-order valence-electron chi connectivity index (χ4n) is 8.14. The van der Waals surface area contributed by atoms with E-state index in [1.165, 1.54) is 147 Å². The van der Waals surface area contributed by atoms with Crippen molar-refractivity contribution in [2.75, 3.05) is 6.61 Å². The highest BCUT2D eigenvalue weighted by Gasteiger charge is 2.51. The Morgan fingerprint density at radius 3 is 1.40 bits per heavy atom. The molecule has 1 amide bonds. The molecule has 0 aromatic carbocycles. The number of nitrogens with one attached hydrogen (secondary N) is 1. The Balaban J connectivity index is 2.51. The zero-order valence-corrected chi connectivity index (χ0v) is 40.4. The van der Waals surface area contributed by atoms with Crippen LogP contribution >= 0.6 is 7.82 Å². The molecule has 1 rings (SSSR count). The molecule has 0 bridgehead atoms. The molecule has 8 unspecified atom stereocenters. The van der Waals surface area contributed by atoms with E-state index in [-0.39, 0.29) is 6.42 Å². The van der Waals surface area contributed by atoms with Gasteiger partial charge < -0.3 is 46.0 Å². The van der Waals surface area contributed by atoms with Crippen molar-refractivity contribution >= 4 is 13.7 Å². The van der Waals surface area contributed by atoms with Crippen LogP contribution in [0.2, 0.25) is 0 Å². The fourth-order valence-corrected chi connectivity index (χ4v) is 9.11. The molecule has 1 aliphatic rings. The van der Waals surface area contributed by atoms with Crippen LogP contribution in [0.5, 0.6) is 0 Å². The van der Waals surface area contributed by atoms with Gasteiger partial charge in [0.25, 0.3) is 0 Å². The quantitative estimate of drug-likeness (QED) is 0.0159. The van der Waals surface area contributed by atoms with Crippen LogP contribution in [0.15, 0.2) is 24.3 Å². The predicted octanol–water partition coefficient (Wildman–Crippen LogP) is 9.15. The van der Waals surface area contributed by atoms with Crippen molar-refractivity contribution in [3.05, 3.63) is 24.3 Å². The van der Waals surface area contributed by atoms with Crippen molar-refractivity contribution in [3.63, 3.8) is 0 Å². The Morgan fingerprint density at radius 2 is 0.937 bits per heavy atom. The molecule has 0 spiro atoms. The number of amides is 1. The number of allylic oxidation sites excluding steroid dienone is 3. The number of carbonyl (C=O) groups is 1. The lowest BCUT2D eigenvalue weighted by molar-refractivity contribution is -0.220. The van der Waals surface area contributed by atoms with Crippen LogP contribution in [0.1, 0.15) is 219 Å². The van der Waals surface area contributed by atoms with Crippen LogP contribution in [0.4, 0.5) is 0 Å². The minimum absolute atomic E-state index is 0.249. The zero-order valence-electron chi connectivity index (χ0n) is 39.5. The van der Waals surface area contributed by atoms with E-state index in [2.05, 4.69) is 31.3 Å². The summed E-state index contributed by atoms with van der Waals surface area (Å²) in [6.07, 6.45) is 29.8. The number of hydrogen-bond donors (Lipinski definition) is 9. The summed E-state index contributed by atoms with van der Waals surface area (Å²) < 4.78 is 22.9. The number of carbonyl (C=O) groups excluding carboxylic acids is 1. The van der Waals surface area contributed by atoms with Gasteiger partial charge in [-0.25, -0.2) is 4.57 Å². The molecule has 14 heteroatoms. The summed E-state index contributed by atoms with van der Waals surface area (Å²) in [5.41, 5.74) is 0. The summed E-state index contributed by atoms with van der Waals surface area (Å²) in [4.78, 5) is 23.5. The molecular formula is C49H94NO12P. The third-order valence-electron chi connectivity index (χ3n) is 12.3. The molecule has 1 saturated carbocycles. The molecule has 1 aliphatic carbocycles. The van der Waals surface area contributed by atoms with Crippen LogP contribution in [-0.4, -0.2) is 108 Å². The van der Waals surface area contributed by atoms with Gasteiger partial charge in [-0.15, -0.1) is 0 Å². The summed E-state index contributed by atoms with van der Waals surface area (Å²) in [5.74, 6) is -0.600. The van der Waals surface area contributed by atoms with Gasteiger partial charge in [0.15, 0.2) is 0 Å². The van der Waals surface area contributed by atoms with Gasteiger partial charge in [-0.2, -0.15) is 0 Å². The largest absolute Gasteiger partial charge is 0.472 e. The molecule has 1 fully saturated rings. The molecule has 0 aromatic heterocycles. The number of phosphoric acid groups is 1. The van der Waals surface area contributed by atoms with Gasteiger partial charge in [-0.05, 0) is 32.1 Å². The fraction of sp³-hybridized carbons (Fsp3) is 0.898. The zero-order chi connectivity index (χ0) is 46.6. The second kappa shape index (κ2) is 38.8. The van der Waals surface area contributed by atoms with E-state index in [1.54, 1.807) is 6.08 Å². The van der Waals surface area contributed by atoms with Crippen molar-refractivity contribution in [3.8, 4) is 0 Å². The number of unbranched alkanes of at least 4 members (excludes halogenated alkanes) is 27. The average molecular weight is 920 g/mol. The van der Waals surface area contributed by atoms with E-state index in [1.807, 2.05) is 0 Å². The third-order valence-corrected chi connectivity index (χ3v) is 13.3. The topological polar surface area (TPSA) is 226 Å². The normalized spacial score (nSPS) is 23.0. The first-order chi connectivity index (χ1) is 30.3. The Bertz CT molecular complexity index is 1180. The summed E-state index contributed by atoms with van der Waals surface area (Å²) in [5, 5.41) is 74.6. The van der Waals surface area contributed by atoms with E-state index in [0.29, 0.717) is 12.8 Å². The van der Waals surface area contributed by atoms with Gasteiger partial charge >= 0.3 is 7.82 Å². The number of hydrogen-bond acceptors (Lipinski definition) is 11. The monoisotopic (exact) mass is 920 g/mol. The van der Waals surface area contributed by atoms with Crippen LogP contribution in [0, 0.1) is 0 Å². The maximum absolute atomic E-state index is 13.0. The lowest BCUT2D eigenvalue weighted by atomic mass is 9.85. The molecular weight excluding hydrogens is 826 g/mol. The van der Waals surface area contributed by atoms with Crippen LogP contribution < -0.4 is 5.32 Å². The lowest BCUT2D eigenvalue weighted by Gasteiger charge is -2.41. The van der Waals surface area contributed by atoms with Gasteiger partial charge in [-0.1, -0.05) is 205 Å². The van der Waals surface area contributed by atoms with E-state index in [0.717, 1.165) is 44.9 Å². The standard InChI is InChI=1S/C49H94NO12P/c1-3-5-7-9-11-13-15-17-19-21-22-24-26-28-30-32-34-36-40(51)38-43(53)50-41(39-61-63(59,60)62-49-47(57)45(55)44(54)46(56)48(49)58)42(52)37-35-33-31-29-27-25-23-20-18-16-14-12-10-8-6-4-2/h27,29,35,37,40-42,44-49,51-52,54-58H,3-26,28,30-34,36,38-39H2,1-2H3,(H,50,53)(H,59,60)/b29-27+,37-35+. The molecule has 0 aliphatic heterocycles. The molecule has 0 heterocycles. The first-order valence-corrected chi connectivity index (χ1v) is 26.9. The summed E-state index contributed by atoms with van der Waals surface area (Å²) in [6, 6.07) is -1.25. The van der Waals surface area contributed by atoms with Gasteiger partial charge in [0.2, 0.25) is 5.91 Å². The first-order valence-electron chi connectivity index (χ1n) is 25.4. The Kier molecular flexibility index (Phi) is 36.9. The predicted molar refractivity (Wildman–Crippen MR) is 252 cm³/mol. The van der Waals surface area contributed by atoms with E-state index >= 15 is 0 Å². The second-order valence-corrected chi connectivity index (χ2v) is 19.6. The lowest BCUT2D eigenvalue weighted by Crippen LogP contribution is -2.64.